The maximum atomic E-state index is 12.6. The highest BCUT2D eigenvalue weighted by molar-refractivity contribution is 7.89. The molecule has 2 aromatic carbocycles. The van der Waals surface area contributed by atoms with Gasteiger partial charge in [0.1, 0.15) is 0 Å². The van der Waals surface area contributed by atoms with E-state index in [2.05, 4.69) is 9.82 Å². The van der Waals surface area contributed by atoms with Crippen LogP contribution in [0.2, 0.25) is 0 Å². The molecule has 0 bridgehead atoms. The van der Waals surface area contributed by atoms with E-state index in [0.717, 1.165) is 22.3 Å². The number of hydrogen-bond donors (Lipinski definition) is 1. The molecule has 0 saturated carbocycles. The average molecular weight is 355 g/mol. The van der Waals surface area contributed by atoms with Crippen LogP contribution in [-0.2, 0) is 23.1 Å². The summed E-state index contributed by atoms with van der Waals surface area (Å²) in [7, 11) is -3.56. The number of aromatic nitrogens is 2. The Morgan fingerprint density at radius 2 is 1.80 bits per heavy atom. The van der Waals surface area contributed by atoms with Crippen molar-refractivity contribution in [3.05, 3.63) is 83.2 Å². The lowest BCUT2D eigenvalue weighted by molar-refractivity contribution is 0.580. The second-order valence-electron chi connectivity index (χ2n) is 6.07. The summed E-state index contributed by atoms with van der Waals surface area (Å²) >= 11 is 0. The number of nitrogens with one attached hydrogen (secondary N) is 1. The second kappa shape index (κ2) is 7.21. The van der Waals surface area contributed by atoms with Crippen molar-refractivity contribution in [1.29, 1.82) is 0 Å². The monoisotopic (exact) mass is 355 g/mol. The zero-order chi connectivity index (χ0) is 17.9. The zero-order valence-corrected chi connectivity index (χ0v) is 15.1. The van der Waals surface area contributed by atoms with Gasteiger partial charge in [-0.3, -0.25) is 4.68 Å². The van der Waals surface area contributed by atoms with Crippen LogP contribution in [0.25, 0.3) is 0 Å². The first kappa shape index (κ1) is 17.4. The molecule has 0 aliphatic rings. The molecule has 5 nitrogen and oxygen atoms in total. The predicted molar refractivity (Wildman–Crippen MR) is 97.7 cm³/mol. The van der Waals surface area contributed by atoms with Crippen LogP contribution < -0.4 is 4.72 Å². The van der Waals surface area contributed by atoms with Gasteiger partial charge in [-0.1, -0.05) is 42.0 Å². The fourth-order valence-corrected chi connectivity index (χ4v) is 4.04. The first-order chi connectivity index (χ1) is 12.0. The quantitative estimate of drug-likeness (QED) is 0.739. The van der Waals surface area contributed by atoms with E-state index in [1.165, 1.54) is 0 Å². The lowest BCUT2D eigenvalue weighted by Gasteiger charge is -2.13. The molecule has 3 aromatic rings. The Bertz CT molecular complexity index is 964. The third kappa shape index (κ3) is 4.15. The maximum Gasteiger partial charge on any atom is 0.241 e. The zero-order valence-electron chi connectivity index (χ0n) is 14.3. The highest BCUT2D eigenvalue weighted by Gasteiger charge is 2.17. The lowest BCUT2D eigenvalue weighted by Crippen LogP contribution is -2.24. The van der Waals surface area contributed by atoms with E-state index in [9.17, 15) is 8.42 Å². The Hall–Kier alpha value is -2.44. The molecule has 25 heavy (non-hydrogen) atoms. The molecule has 0 spiro atoms. The SMILES string of the molecule is Cc1ccc(S(=O)(=O)NCc2ccccc2Cn2cccn2)c(C)c1. The van der Waals surface area contributed by atoms with Gasteiger partial charge >= 0.3 is 0 Å². The van der Waals surface area contributed by atoms with Crippen molar-refractivity contribution in [2.75, 3.05) is 0 Å². The number of hydrogen-bond acceptors (Lipinski definition) is 3. The third-order valence-corrected chi connectivity index (χ3v) is 5.64. The van der Waals surface area contributed by atoms with Crippen LogP contribution in [0.3, 0.4) is 0 Å². The van der Waals surface area contributed by atoms with Crippen molar-refractivity contribution >= 4 is 10.0 Å². The summed E-state index contributed by atoms with van der Waals surface area (Å²) in [5.74, 6) is 0. The molecular formula is C19H21N3O2S. The van der Waals surface area contributed by atoms with E-state index in [0.29, 0.717) is 11.4 Å². The van der Waals surface area contributed by atoms with E-state index in [4.69, 9.17) is 0 Å². The molecule has 0 aliphatic carbocycles. The van der Waals surface area contributed by atoms with Gasteiger partial charge < -0.3 is 0 Å². The van der Waals surface area contributed by atoms with Crippen LogP contribution in [-0.4, -0.2) is 18.2 Å². The largest absolute Gasteiger partial charge is 0.268 e. The van der Waals surface area contributed by atoms with Crippen molar-refractivity contribution in [1.82, 2.24) is 14.5 Å². The first-order valence-electron chi connectivity index (χ1n) is 8.07. The minimum absolute atomic E-state index is 0.243. The van der Waals surface area contributed by atoms with E-state index in [-0.39, 0.29) is 6.54 Å². The molecule has 0 amide bonds. The van der Waals surface area contributed by atoms with Gasteiger partial charge in [-0.2, -0.15) is 5.10 Å². The summed E-state index contributed by atoms with van der Waals surface area (Å²) < 4.78 is 29.8. The summed E-state index contributed by atoms with van der Waals surface area (Å²) in [6.07, 6.45) is 3.61. The number of nitrogens with zero attached hydrogens (tertiary/aromatic N) is 2. The van der Waals surface area contributed by atoms with Crippen molar-refractivity contribution in [2.45, 2.75) is 31.8 Å². The van der Waals surface area contributed by atoms with Crippen molar-refractivity contribution < 1.29 is 8.42 Å². The third-order valence-electron chi connectivity index (χ3n) is 4.08. The van der Waals surface area contributed by atoms with Crippen LogP contribution >= 0.6 is 0 Å². The van der Waals surface area contributed by atoms with Gasteiger partial charge in [-0.15, -0.1) is 0 Å². The highest BCUT2D eigenvalue weighted by atomic mass is 32.2. The molecule has 1 N–H and O–H groups in total. The molecule has 0 atom stereocenters. The molecule has 0 aliphatic heterocycles. The Balaban J connectivity index is 1.79. The number of aryl methyl sites for hydroxylation is 2. The topological polar surface area (TPSA) is 64.0 Å². The van der Waals surface area contributed by atoms with E-state index in [1.807, 2.05) is 67.2 Å². The molecule has 1 aromatic heterocycles. The summed E-state index contributed by atoms with van der Waals surface area (Å²) in [5, 5.41) is 4.21. The van der Waals surface area contributed by atoms with E-state index >= 15 is 0 Å². The summed E-state index contributed by atoms with van der Waals surface area (Å²) in [6.45, 7) is 4.61. The summed E-state index contributed by atoms with van der Waals surface area (Å²) in [5.41, 5.74) is 3.76. The smallest absolute Gasteiger partial charge is 0.241 e. The first-order valence-corrected chi connectivity index (χ1v) is 9.55. The molecule has 0 fully saturated rings. The van der Waals surface area contributed by atoms with Gasteiger partial charge in [0.15, 0.2) is 0 Å². The van der Waals surface area contributed by atoms with Gasteiger partial charge in [-0.05, 0) is 42.7 Å². The number of rotatable bonds is 6. The Morgan fingerprint density at radius 3 is 2.48 bits per heavy atom. The van der Waals surface area contributed by atoms with Gasteiger partial charge in [0.05, 0.1) is 11.4 Å². The van der Waals surface area contributed by atoms with Crippen molar-refractivity contribution in [2.24, 2.45) is 0 Å². The van der Waals surface area contributed by atoms with Crippen LogP contribution in [0.4, 0.5) is 0 Å². The fourth-order valence-electron chi connectivity index (χ4n) is 2.80. The Morgan fingerprint density at radius 1 is 1.04 bits per heavy atom. The highest BCUT2D eigenvalue weighted by Crippen LogP contribution is 2.17. The van der Waals surface area contributed by atoms with Crippen molar-refractivity contribution in [3.8, 4) is 0 Å². The lowest BCUT2D eigenvalue weighted by atomic mass is 10.1. The van der Waals surface area contributed by atoms with Gasteiger partial charge in [0.2, 0.25) is 10.0 Å². The molecular weight excluding hydrogens is 334 g/mol. The van der Waals surface area contributed by atoms with E-state index in [1.54, 1.807) is 12.3 Å². The average Bonchev–Trinajstić information content (AvgIpc) is 3.07. The molecule has 0 unspecified atom stereocenters. The van der Waals surface area contributed by atoms with Crippen LogP contribution in [0.5, 0.6) is 0 Å². The molecule has 0 radical (unpaired) electrons. The van der Waals surface area contributed by atoms with E-state index < -0.39 is 10.0 Å². The number of benzene rings is 2. The standard InChI is InChI=1S/C19H21N3O2S/c1-15-8-9-19(16(2)12-15)25(23,24)21-13-17-6-3-4-7-18(17)14-22-11-5-10-20-22/h3-12,21H,13-14H2,1-2H3. The van der Waals surface area contributed by atoms with Crippen LogP contribution in [0.15, 0.2) is 65.8 Å². The minimum Gasteiger partial charge on any atom is -0.268 e. The normalized spacial score (nSPS) is 11.6. The molecule has 0 saturated heterocycles. The summed E-state index contributed by atoms with van der Waals surface area (Å²) in [6, 6.07) is 15.0. The predicted octanol–water partition coefficient (Wildman–Crippen LogP) is 3.03. The fraction of sp³-hybridized carbons (Fsp3) is 0.211. The van der Waals surface area contributed by atoms with Crippen LogP contribution in [0.1, 0.15) is 22.3 Å². The second-order valence-corrected chi connectivity index (χ2v) is 7.80. The number of sulfonamides is 1. The Kier molecular flexibility index (Phi) is 5.01. The van der Waals surface area contributed by atoms with Gasteiger partial charge in [0, 0.05) is 18.9 Å². The summed E-state index contributed by atoms with van der Waals surface area (Å²) in [4.78, 5) is 0.322. The maximum absolute atomic E-state index is 12.6. The Labute approximate surface area is 148 Å². The van der Waals surface area contributed by atoms with Gasteiger partial charge in [0.25, 0.3) is 0 Å². The molecule has 3 rings (SSSR count). The van der Waals surface area contributed by atoms with Crippen molar-refractivity contribution in [3.63, 3.8) is 0 Å². The molecule has 130 valence electrons. The minimum atomic E-state index is -3.56. The van der Waals surface area contributed by atoms with Gasteiger partial charge in [-0.25, -0.2) is 13.1 Å². The molecule has 1 heterocycles. The van der Waals surface area contributed by atoms with Crippen LogP contribution in [0, 0.1) is 13.8 Å². The molecule has 6 heteroatoms.